The highest BCUT2D eigenvalue weighted by Crippen LogP contribution is 2.32. The molecule has 1 unspecified atom stereocenters. The zero-order valence-electron chi connectivity index (χ0n) is 13.9. The molecule has 5 nitrogen and oxygen atoms in total. The van der Waals surface area contributed by atoms with Gasteiger partial charge in [-0.1, -0.05) is 31.0 Å². The molecule has 2 heterocycles. The van der Waals surface area contributed by atoms with E-state index in [1.54, 1.807) is 6.07 Å². The maximum absolute atomic E-state index is 12.9. The summed E-state index contributed by atoms with van der Waals surface area (Å²) in [5.41, 5.74) is 2.60. The Morgan fingerprint density at radius 2 is 1.92 bits per heavy atom. The Kier molecular flexibility index (Phi) is 3.92. The summed E-state index contributed by atoms with van der Waals surface area (Å²) in [6.07, 6.45) is 5.80. The Labute approximate surface area is 142 Å². The number of hydrogen-bond donors (Lipinski definition) is 1. The van der Waals surface area contributed by atoms with Gasteiger partial charge in [0.15, 0.2) is 5.69 Å². The highest BCUT2D eigenvalue weighted by atomic mass is 16.2. The first-order chi connectivity index (χ1) is 11.7. The summed E-state index contributed by atoms with van der Waals surface area (Å²) in [5.74, 6) is 0.681. The Balaban J connectivity index is 1.52. The Morgan fingerprint density at radius 3 is 2.67 bits per heavy atom. The molecule has 0 saturated heterocycles. The fourth-order valence-corrected chi connectivity index (χ4v) is 3.80. The SMILES string of the molecule is CC1Cc2ccccc2N1C(=O)c1ccc(NC2CCCC2)nn1. The van der Waals surface area contributed by atoms with Crippen LogP contribution in [-0.2, 0) is 6.42 Å². The molecule has 0 radical (unpaired) electrons. The quantitative estimate of drug-likeness (QED) is 0.940. The normalized spacial score (nSPS) is 20.2. The van der Waals surface area contributed by atoms with Gasteiger partial charge in [-0.3, -0.25) is 4.79 Å². The van der Waals surface area contributed by atoms with Crippen molar-refractivity contribution in [2.24, 2.45) is 0 Å². The van der Waals surface area contributed by atoms with Crippen LogP contribution in [-0.4, -0.2) is 28.2 Å². The van der Waals surface area contributed by atoms with Gasteiger partial charge in [0.2, 0.25) is 0 Å². The molecular formula is C19H22N4O. The average Bonchev–Trinajstić information content (AvgIpc) is 3.21. The summed E-state index contributed by atoms with van der Waals surface area (Å²) in [4.78, 5) is 14.7. The van der Waals surface area contributed by atoms with Gasteiger partial charge in [0, 0.05) is 17.8 Å². The van der Waals surface area contributed by atoms with Gasteiger partial charge in [-0.25, -0.2) is 0 Å². The number of carbonyl (C=O) groups excluding carboxylic acids is 1. The van der Waals surface area contributed by atoms with Gasteiger partial charge < -0.3 is 10.2 Å². The molecule has 124 valence electrons. The van der Waals surface area contributed by atoms with Gasteiger partial charge in [0.1, 0.15) is 5.82 Å². The van der Waals surface area contributed by atoms with Gasteiger partial charge in [-0.15, -0.1) is 10.2 Å². The third-order valence-corrected chi connectivity index (χ3v) is 5.02. The zero-order chi connectivity index (χ0) is 16.5. The van der Waals surface area contributed by atoms with E-state index in [9.17, 15) is 4.79 Å². The van der Waals surface area contributed by atoms with Gasteiger partial charge in [0.25, 0.3) is 5.91 Å². The van der Waals surface area contributed by atoms with Crippen molar-refractivity contribution in [2.45, 2.75) is 51.1 Å². The summed E-state index contributed by atoms with van der Waals surface area (Å²) in [6, 6.07) is 12.4. The second-order valence-electron chi connectivity index (χ2n) is 6.79. The summed E-state index contributed by atoms with van der Waals surface area (Å²) >= 11 is 0. The second-order valence-corrected chi connectivity index (χ2v) is 6.79. The molecule has 1 amide bonds. The van der Waals surface area contributed by atoms with Crippen molar-refractivity contribution in [1.29, 1.82) is 0 Å². The number of anilines is 2. The van der Waals surface area contributed by atoms with E-state index in [1.807, 2.05) is 29.2 Å². The number of nitrogens with one attached hydrogen (secondary N) is 1. The predicted octanol–water partition coefficient (Wildman–Crippen LogP) is 3.42. The molecule has 2 aromatic rings. The largest absolute Gasteiger partial charge is 0.366 e. The molecule has 5 heteroatoms. The molecule has 1 atom stereocenters. The molecule has 1 N–H and O–H groups in total. The Morgan fingerprint density at radius 1 is 1.12 bits per heavy atom. The van der Waals surface area contributed by atoms with Gasteiger partial charge >= 0.3 is 0 Å². The maximum atomic E-state index is 12.9. The van der Waals surface area contributed by atoms with Crippen molar-refractivity contribution in [3.05, 3.63) is 47.7 Å². The van der Waals surface area contributed by atoms with Crippen LogP contribution in [0.5, 0.6) is 0 Å². The first-order valence-corrected chi connectivity index (χ1v) is 8.74. The van der Waals surface area contributed by atoms with Crippen molar-refractivity contribution in [3.63, 3.8) is 0 Å². The molecule has 24 heavy (non-hydrogen) atoms. The molecule has 2 aliphatic rings. The first-order valence-electron chi connectivity index (χ1n) is 8.74. The van der Waals surface area contributed by atoms with Crippen molar-refractivity contribution in [2.75, 3.05) is 10.2 Å². The molecule has 1 aromatic heterocycles. The van der Waals surface area contributed by atoms with Crippen molar-refractivity contribution >= 4 is 17.4 Å². The molecule has 1 fully saturated rings. The Bertz CT molecular complexity index is 737. The molecular weight excluding hydrogens is 300 g/mol. The lowest BCUT2D eigenvalue weighted by molar-refractivity contribution is 0.0975. The predicted molar refractivity (Wildman–Crippen MR) is 94.3 cm³/mol. The van der Waals surface area contributed by atoms with Crippen LogP contribution in [0, 0.1) is 0 Å². The van der Waals surface area contributed by atoms with Crippen LogP contribution in [0.25, 0.3) is 0 Å². The number of nitrogens with zero attached hydrogens (tertiary/aromatic N) is 3. The van der Waals surface area contributed by atoms with E-state index in [-0.39, 0.29) is 11.9 Å². The summed E-state index contributed by atoms with van der Waals surface area (Å²) < 4.78 is 0. The van der Waals surface area contributed by atoms with Crippen LogP contribution in [0.2, 0.25) is 0 Å². The molecule has 1 aliphatic carbocycles. The molecule has 1 saturated carbocycles. The number of fused-ring (bicyclic) bond motifs is 1. The number of amides is 1. The van der Waals surface area contributed by atoms with E-state index in [4.69, 9.17) is 0 Å². The molecule has 0 spiro atoms. The minimum absolute atomic E-state index is 0.0765. The minimum atomic E-state index is -0.0765. The average molecular weight is 322 g/mol. The molecule has 0 bridgehead atoms. The minimum Gasteiger partial charge on any atom is -0.366 e. The summed E-state index contributed by atoms with van der Waals surface area (Å²) in [5, 5.41) is 11.8. The number of benzene rings is 1. The number of hydrogen-bond acceptors (Lipinski definition) is 4. The fraction of sp³-hybridized carbons (Fsp3) is 0.421. The first kappa shape index (κ1) is 15.1. The summed E-state index contributed by atoms with van der Waals surface area (Å²) in [6.45, 7) is 2.07. The standard InChI is InChI=1S/C19H22N4O/c1-13-12-14-6-2-5-9-17(14)23(13)19(24)16-10-11-18(22-21-16)20-15-7-3-4-8-15/h2,5-6,9-11,13,15H,3-4,7-8,12H2,1H3,(H,20,22). The lowest BCUT2D eigenvalue weighted by atomic mass is 10.1. The van der Waals surface area contributed by atoms with E-state index >= 15 is 0 Å². The lowest BCUT2D eigenvalue weighted by Crippen LogP contribution is -2.36. The number of carbonyl (C=O) groups is 1. The van der Waals surface area contributed by atoms with E-state index < -0.39 is 0 Å². The van der Waals surface area contributed by atoms with E-state index in [0.717, 1.165) is 17.9 Å². The van der Waals surface area contributed by atoms with E-state index in [1.165, 1.54) is 31.2 Å². The third kappa shape index (κ3) is 2.75. The molecule has 1 aliphatic heterocycles. The third-order valence-electron chi connectivity index (χ3n) is 5.02. The van der Waals surface area contributed by atoms with Gasteiger partial charge in [0.05, 0.1) is 0 Å². The maximum Gasteiger partial charge on any atom is 0.279 e. The van der Waals surface area contributed by atoms with Gasteiger partial charge in [-0.2, -0.15) is 0 Å². The zero-order valence-corrected chi connectivity index (χ0v) is 13.9. The highest BCUT2D eigenvalue weighted by Gasteiger charge is 2.32. The van der Waals surface area contributed by atoms with Crippen LogP contribution in [0.15, 0.2) is 36.4 Å². The van der Waals surface area contributed by atoms with Crippen molar-refractivity contribution < 1.29 is 4.79 Å². The molecule has 1 aromatic carbocycles. The van der Waals surface area contributed by atoms with E-state index in [2.05, 4.69) is 28.5 Å². The number of rotatable bonds is 3. The summed E-state index contributed by atoms with van der Waals surface area (Å²) in [7, 11) is 0. The lowest BCUT2D eigenvalue weighted by Gasteiger charge is -2.22. The number of para-hydroxylation sites is 1. The van der Waals surface area contributed by atoms with Crippen LogP contribution >= 0.6 is 0 Å². The van der Waals surface area contributed by atoms with Crippen molar-refractivity contribution in [3.8, 4) is 0 Å². The fourth-order valence-electron chi connectivity index (χ4n) is 3.80. The monoisotopic (exact) mass is 322 g/mol. The van der Waals surface area contributed by atoms with Crippen LogP contribution in [0.1, 0.15) is 48.7 Å². The van der Waals surface area contributed by atoms with Crippen LogP contribution in [0.3, 0.4) is 0 Å². The number of aromatic nitrogens is 2. The van der Waals surface area contributed by atoms with E-state index in [0.29, 0.717) is 11.7 Å². The second kappa shape index (κ2) is 6.23. The topological polar surface area (TPSA) is 58.1 Å². The van der Waals surface area contributed by atoms with Crippen molar-refractivity contribution in [1.82, 2.24) is 10.2 Å². The van der Waals surface area contributed by atoms with Gasteiger partial charge in [-0.05, 0) is 49.9 Å². The smallest absolute Gasteiger partial charge is 0.279 e. The van der Waals surface area contributed by atoms with Crippen LogP contribution in [0.4, 0.5) is 11.5 Å². The highest BCUT2D eigenvalue weighted by molar-refractivity contribution is 6.06. The van der Waals surface area contributed by atoms with Crippen LogP contribution < -0.4 is 10.2 Å². The molecule has 4 rings (SSSR count). The Hall–Kier alpha value is -2.43.